The number of aromatic amines is 1. The van der Waals surface area contributed by atoms with Crippen molar-refractivity contribution in [3.63, 3.8) is 0 Å². The standard InChI is InChI=1S/C13H16N2O2S2/c16-11-1-3-12(4-2-11)18-7-5-17-6-8-19-13-9-14-15-10-13/h1-4,9-10,16H,5-8H2,(H,14,15). The topological polar surface area (TPSA) is 58.1 Å². The lowest BCUT2D eigenvalue weighted by Gasteiger charge is -2.04. The van der Waals surface area contributed by atoms with E-state index in [-0.39, 0.29) is 0 Å². The Kier molecular flexibility index (Phi) is 6.13. The van der Waals surface area contributed by atoms with Crippen LogP contribution >= 0.6 is 23.5 Å². The van der Waals surface area contributed by atoms with Gasteiger partial charge in [-0.15, -0.1) is 23.5 Å². The molecular formula is C13H16N2O2S2. The number of nitrogens with one attached hydrogen (secondary N) is 1. The summed E-state index contributed by atoms with van der Waals surface area (Å²) in [7, 11) is 0. The molecule has 0 aliphatic heterocycles. The van der Waals surface area contributed by atoms with E-state index in [4.69, 9.17) is 9.84 Å². The Morgan fingerprint density at radius 1 is 1.05 bits per heavy atom. The van der Waals surface area contributed by atoms with Gasteiger partial charge in [0, 0.05) is 27.5 Å². The number of nitrogens with zero attached hydrogens (tertiary/aromatic N) is 1. The maximum atomic E-state index is 9.16. The van der Waals surface area contributed by atoms with Crippen molar-refractivity contribution in [3.8, 4) is 5.75 Å². The smallest absolute Gasteiger partial charge is 0.115 e. The average Bonchev–Trinajstić information content (AvgIpc) is 2.93. The van der Waals surface area contributed by atoms with Crippen molar-refractivity contribution in [1.82, 2.24) is 10.2 Å². The predicted octanol–water partition coefficient (Wildman–Crippen LogP) is 3.02. The Balaban J connectivity index is 1.49. The highest BCUT2D eigenvalue weighted by Gasteiger charge is 1.97. The molecule has 102 valence electrons. The van der Waals surface area contributed by atoms with Crippen LogP contribution in [-0.2, 0) is 4.74 Å². The molecular weight excluding hydrogens is 280 g/mol. The number of hydrogen-bond acceptors (Lipinski definition) is 5. The number of aromatic hydroxyl groups is 1. The summed E-state index contributed by atoms with van der Waals surface area (Å²) in [6, 6.07) is 7.22. The first-order chi connectivity index (χ1) is 9.34. The number of rotatable bonds is 8. The molecule has 19 heavy (non-hydrogen) atoms. The molecule has 0 fully saturated rings. The second-order valence-electron chi connectivity index (χ2n) is 3.74. The number of hydrogen-bond donors (Lipinski definition) is 2. The second kappa shape index (κ2) is 8.14. The summed E-state index contributed by atoms with van der Waals surface area (Å²) in [5.74, 6) is 2.15. The minimum Gasteiger partial charge on any atom is -0.508 e. The van der Waals surface area contributed by atoms with Gasteiger partial charge in [0.05, 0.1) is 19.4 Å². The van der Waals surface area contributed by atoms with Crippen LogP contribution in [0.15, 0.2) is 46.5 Å². The van der Waals surface area contributed by atoms with Crippen molar-refractivity contribution in [2.75, 3.05) is 24.7 Å². The van der Waals surface area contributed by atoms with E-state index in [1.807, 2.05) is 24.5 Å². The van der Waals surface area contributed by atoms with Crippen molar-refractivity contribution >= 4 is 23.5 Å². The van der Waals surface area contributed by atoms with Crippen molar-refractivity contribution in [2.45, 2.75) is 9.79 Å². The first kappa shape index (κ1) is 14.3. The fourth-order valence-corrected chi connectivity index (χ4v) is 2.86. The van der Waals surface area contributed by atoms with Gasteiger partial charge < -0.3 is 9.84 Å². The molecule has 2 rings (SSSR count). The SMILES string of the molecule is Oc1ccc(SCCOCCSc2cn[nH]c2)cc1. The highest BCUT2D eigenvalue weighted by atomic mass is 32.2. The van der Waals surface area contributed by atoms with Crippen LogP contribution < -0.4 is 0 Å². The summed E-state index contributed by atoms with van der Waals surface area (Å²) in [5, 5.41) is 15.8. The molecule has 2 aromatic rings. The van der Waals surface area contributed by atoms with Crippen LogP contribution in [0.1, 0.15) is 0 Å². The Bertz CT molecular complexity index is 460. The largest absolute Gasteiger partial charge is 0.508 e. The lowest BCUT2D eigenvalue weighted by atomic mass is 10.3. The fourth-order valence-electron chi connectivity index (χ4n) is 1.40. The van der Waals surface area contributed by atoms with E-state index < -0.39 is 0 Å². The van der Waals surface area contributed by atoms with Gasteiger partial charge in [-0.3, -0.25) is 5.10 Å². The molecule has 0 aliphatic carbocycles. The minimum absolute atomic E-state index is 0.303. The zero-order chi connectivity index (χ0) is 13.3. The third-order valence-corrected chi connectivity index (χ3v) is 4.21. The molecule has 1 aromatic heterocycles. The third-order valence-electron chi connectivity index (χ3n) is 2.30. The van der Waals surface area contributed by atoms with Crippen LogP contribution in [-0.4, -0.2) is 40.0 Å². The van der Waals surface area contributed by atoms with Gasteiger partial charge in [-0.1, -0.05) is 0 Å². The number of thioether (sulfide) groups is 2. The maximum Gasteiger partial charge on any atom is 0.115 e. The molecule has 0 aliphatic rings. The Hall–Kier alpha value is -1.11. The molecule has 0 atom stereocenters. The number of benzene rings is 1. The normalized spacial score (nSPS) is 10.7. The summed E-state index contributed by atoms with van der Waals surface area (Å²) in [4.78, 5) is 2.29. The van der Waals surface area contributed by atoms with E-state index in [2.05, 4.69) is 10.2 Å². The molecule has 0 amide bonds. The molecule has 0 unspecified atom stereocenters. The van der Waals surface area contributed by atoms with E-state index in [0.717, 1.165) is 34.5 Å². The zero-order valence-electron chi connectivity index (χ0n) is 10.4. The Labute approximate surface area is 120 Å². The molecule has 0 spiro atoms. The van der Waals surface area contributed by atoms with E-state index in [9.17, 15) is 0 Å². The van der Waals surface area contributed by atoms with Gasteiger partial charge in [-0.05, 0) is 24.3 Å². The number of aromatic nitrogens is 2. The van der Waals surface area contributed by atoms with Gasteiger partial charge in [-0.2, -0.15) is 5.10 Å². The van der Waals surface area contributed by atoms with Crippen LogP contribution in [0.3, 0.4) is 0 Å². The summed E-state index contributed by atoms with van der Waals surface area (Å²) in [6.45, 7) is 1.48. The number of phenolic OH excluding ortho intramolecular Hbond substituents is 1. The van der Waals surface area contributed by atoms with Crippen molar-refractivity contribution in [3.05, 3.63) is 36.7 Å². The van der Waals surface area contributed by atoms with Gasteiger partial charge in [0.15, 0.2) is 0 Å². The van der Waals surface area contributed by atoms with Crippen molar-refractivity contribution in [2.24, 2.45) is 0 Å². The van der Waals surface area contributed by atoms with Gasteiger partial charge in [0.25, 0.3) is 0 Å². The molecule has 0 saturated heterocycles. The fraction of sp³-hybridized carbons (Fsp3) is 0.308. The minimum atomic E-state index is 0.303. The quantitative estimate of drug-likeness (QED) is 0.579. The van der Waals surface area contributed by atoms with Crippen LogP contribution in [0.4, 0.5) is 0 Å². The summed E-state index contributed by atoms with van der Waals surface area (Å²) in [6.07, 6.45) is 3.69. The third kappa shape index (κ3) is 5.59. The molecule has 0 bridgehead atoms. The lowest BCUT2D eigenvalue weighted by Crippen LogP contribution is -2.01. The Morgan fingerprint density at radius 3 is 2.37 bits per heavy atom. The molecule has 1 heterocycles. The monoisotopic (exact) mass is 296 g/mol. The molecule has 0 radical (unpaired) electrons. The first-order valence-corrected chi connectivity index (χ1v) is 7.93. The predicted molar refractivity (Wildman–Crippen MR) is 79.0 cm³/mol. The highest BCUT2D eigenvalue weighted by Crippen LogP contribution is 2.20. The van der Waals surface area contributed by atoms with E-state index in [1.165, 1.54) is 0 Å². The van der Waals surface area contributed by atoms with Gasteiger partial charge >= 0.3 is 0 Å². The van der Waals surface area contributed by atoms with Crippen molar-refractivity contribution in [1.29, 1.82) is 0 Å². The lowest BCUT2D eigenvalue weighted by molar-refractivity contribution is 0.167. The number of H-pyrrole nitrogens is 1. The molecule has 2 N–H and O–H groups in total. The average molecular weight is 296 g/mol. The van der Waals surface area contributed by atoms with E-state index >= 15 is 0 Å². The second-order valence-corrected chi connectivity index (χ2v) is 6.07. The molecule has 1 aromatic carbocycles. The van der Waals surface area contributed by atoms with Gasteiger partial charge in [0.2, 0.25) is 0 Å². The summed E-state index contributed by atoms with van der Waals surface area (Å²) in [5.41, 5.74) is 0. The van der Waals surface area contributed by atoms with Crippen LogP contribution in [0.5, 0.6) is 5.75 Å². The van der Waals surface area contributed by atoms with Gasteiger partial charge in [-0.25, -0.2) is 0 Å². The van der Waals surface area contributed by atoms with Crippen LogP contribution in [0.2, 0.25) is 0 Å². The molecule has 4 nitrogen and oxygen atoms in total. The highest BCUT2D eigenvalue weighted by molar-refractivity contribution is 7.99. The summed E-state index contributed by atoms with van der Waals surface area (Å²) >= 11 is 3.46. The number of phenols is 1. The van der Waals surface area contributed by atoms with Crippen LogP contribution in [0, 0.1) is 0 Å². The summed E-state index contributed by atoms with van der Waals surface area (Å²) < 4.78 is 5.56. The Morgan fingerprint density at radius 2 is 1.74 bits per heavy atom. The first-order valence-electron chi connectivity index (χ1n) is 5.96. The maximum absolute atomic E-state index is 9.16. The molecule has 0 saturated carbocycles. The molecule has 6 heteroatoms. The van der Waals surface area contributed by atoms with Crippen molar-refractivity contribution < 1.29 is 9.84 Å². The zero-order valence-corrected chi connectivity index (χ0v) is 12.0. The van der Waals surface area contributed by atoms with Crippen LogP contribution in [0.25, 0.3) is 0 Å². The van der Waals surface area contributed by atoms with E-state index in [1.54, 1.807) is 35.7 Å². The van der Waals surface area contributed by atoms with Gasteiger partial charge in [0.1, 0.15) is 5.75 Å². The number of ether oxygens (including phenoxy) is 1. The van der Waals surface area contributed by atoms with E-state index in [0.29, 0.717) is 5.75 Å².